The lowest BCUT2D eigenvalue weighted by molar-refractivity contribution is -0.141. The number of halogens is 3. The number of carbonyl (C=O) groups is 1. The van der Waals surface area contributed by atoms with Crippen LogP contribution in [0.3, 0.4) is 0 Å². The highest BCUT2D eigenvalue weighted by Gasteiger charge is 2.49. The molecule has 264 valence electrons. The van der Waals surface area contributed by atoms with Crippen LogP contribution in [0.25, 0.3) is 32.9 Å². The summed E-state index contributed by atoms with van der Waals surface area (Å²) >= 11 is 0. The average molecular weight is 692 g/mol. The van der Waals surface area contributed by atoms with Crippen molar-refractivity contribution in [1.29, 1.82) is 0 Å². The minimum Gasteiger partial charge on any atom is -0.481 e. The van der Waals surface area contributed by atoms with Gasteiger partial charge in [0.2, 0.25) is 0 Å². The van der Waals surface area contributed by atoms with Crippen molar-refractivity contribution in [3.63, 3.8) is 0 Å². The van der Waals surface area contributed by atoms with Crippen LogP contribution in [-0.4, -0.2) is 89.3 Å². The molecule has 1 saturated carbocycles. The third-order valence-electron chi connectivity index (χ3n) is 11.4. The van der Waals surface area contributed by atoms with E-state index in [-0.39, 0.29) is 48.4 Å². The van der Waals surface area contributed by atoms with Crippen molar-refractivity contribution in [2.45, 2.75) is 57.2 Å². The summed E-state index contributed by atoms with van der Waals surface area (Å²) in [6.07, 6.45) is 4.23. The topological polar surface area (TPSA) is 110 Å². The molecule has 8 rings (SSSR count). The maximum absolute atomic E-state index is 17.1. The third kappa shape index (κ3) is 5.58. The van der Waals surface area contributed by atoms with Gasteiger partial charge in [0.25, 0.3) is 0 Å². The lowest BCUT2D eigenvalue weighted by Crippen LogP contribution is -2.43. The molecule has 0 spiro atoms. The molecule has 4 atom stereocenters. The second-order valence-corrected chi connectivity index (χ2v) is 14.3. The number of hydrogen-bond donors (Lipinski definition) is 1. The summed E-state index contributed by atoms with van der Waals surface area (Å²) in [7, 11) is 1.50. The Kier molecular flexibility index (Phi) is 8.45. The molecule has 3 aliphatic heterocycles. The van der Waals surface area contributed by atoms with E-state index in [0.29, 0.717) is 84.2 Å². The number of ether oxygens (including phenoxy) is 3. The zero-order valence-corrected chi connectivity index (χ0v) is 28.1. The Hall–Kier alpha value is -4.23. The molecule has 4 fully saturated rings. The van der Waals surface area contributed by atoms with Gasteiger partial charge in [0.15, 0.2) is 12.6 Å². The number of aryl methyl sites for hydroxylation is 1. The van der Waals surface area contributed by atoms with E-state index in [2.05, 4.69) is 19.8 Å². The number of fused-ring (bicyclic) bond motifs is 4. The number of rotatable bonds is 10. The van der Waals surface area contributed by atoms with E-state index < -0.39 is 29.3 Å². The largest absolute Gasteiger partial charge is 0.481 e. The van der Waals surface area contributed by atoms with E-state index >= 15 is 8.78 Å². The summed E-state index contributed by atoms with van der Waals surface area (Å²) in [5.41, 5.74) is 0.287. The van der Waals surface area contributed by atoms with E-state index in [1.54, 1.807) is 24.4 Å². The van der Waals surface area contributed by atoms with Crippen LogP contribution in [0.2, 0.25) is 0 Å². The number of pyridine rings is 1. The Labute approximate surface area is 287 Å². The monoisotopic (exact) mass is 691 g/mol. The number of methoxy groups -OCH3 is 1. The van der Waals surface area contributed by atoms with Gasteiger partial charge in [-0.15, -0.1) is 0 Å². The first-order valence-corrected chi connectivity index (χ1v) is 17.4. The van der Waals surface area contributed by atoms with Crippen LogP contribution < -0.4 is 14.4 Å². The quantitative estimate of drug-likeness (QED) is 0.194. The van der Waals surface area contributed by atoms with E-state index in [1.807, 2.05) is 6.92 Å². The fourth-order valence-corrected chi connectivity index (χ4v) is 9.07. The van der Waals surface area contributed by atoms with Crippen LogP contribution in [0.1, 0.15) is 44.6 Å². The van der Waals surface area contributed by atoms with Crippen molar-refractivity contribution < 1.29 is 37.3 Å². The molecular weight excluding hydrogens is 651 g/mol. The van der Waals surface area contributed by atoms with Crippen LogP contribution in [0.15, 0.2) is 30.5 Å². The van der Waals surface area contributed by atoms with Gasteiger partial charge in [0, 0.05) is 44.9 Å². The molecule has 0 bridgehead atoms. The SMILES string of the molecule is CCc1c(F)ccc2cc(OCOC)cc(-c3ncc4c(N5CC6CC(C(=O)O)CC6C5)nc(OC[C@@]56CCCN5C[C@H](F)C6)nc4c3F)c12. The summed E-state index contributed by atoms with van der Waals surface area (Å²) in [5.74, 6) is -1.07. The van der Waals surface area contributed by atoms with Gasteiger partial charge in [-0.25, -0.2) is 13.2 Å². The number of carboxylic acids is 1. The Morgan fingerprint density at radius 2 is 1.90 bits per heavy atom. The summed E-state index contributed by atoms with van der Waals surface area (Å²) in [5, 5.41) is 11.2. The zero-order chi connectivity index (χ0) is 34.7. The number of aromatic nitrogens is 3. The van der Waals surface area contributed by atoms with Crippen LogP contribution in [-0.2, 0) is 16.0 Å². The first-order chi connectivity index (χ1) is 24.2. The molecule has 4 aliphatic rings. The molecule has 13 heteroatoms. The highest BCUT2D eigenvalue weighted by atomic mass is 19.1. The van der Waals surface area contributed by atoms with Gasteiger partial charge in [0.1, 0.15) is 41.4 Å². The lowest BCUT2D eigenvalue weighted by Gasteiger charge is -2.31. The fourth-order valence-electron chi connectivity index (χ4n) is 9.07. The van der Waals surface area contributed by atoms with Crippen LogP contribution in [0.4, 0.5) is 19.0 Å². The molecule has 2 unspecified atom stereocenters. The molecule has 0 radical (unpaired) electrons. The third-order valence-corrected chi connectivity index (χ3v) is 11.4. The van der Waals surface area contributed by atoms with Crippen molar-refractivity contribution in [3.05, 3.63) is 47.7 Å². The van der Waals surface area contributed by atoms with Gasteiger partial charge in [-0.2, -0.15) is 9.97 Å². The Bertz CT molecular complexity index is 1970. The lowest BCUT2D eigenvalue weighted by atomic mass is 9.94. The predicted molar refractivity (Wildman–Crippen MR) is 180 cm³/mol. The molecule has 50 heavy (non-hydrogen) atoms. The van der Waals surface area contributed by atoms with Crippen molar-refractivity contribution in [3.8, 4) is 23.0 Å². The Balaban J connectivity index is 1.24. The number of nitrogens with zero attached hydrogens (tertiary/aromatic N) is 5. The van der Waals surface area contributed by atoms with Crippen molar-refractivity contribution in [2.75, 3.05) is 51.6 Å². The van der Waals surface area contributed by atoms with Gasteiger partial charge in [-0.1, -0.05) is 13.0 Å². The molecule has 0 amide bonds. The standard InChI is InChI=1S/C37H40F3N5O5/c1-3-26-29(39)6-5-20-11-25(50-19-48-2)12-27(30(20)26)32-31(40)33-28(14-41-32)34(44-15-22-9-21(35(46)47)10-23(22)16-44)43-36(42-33)49-18-37-7-4-8-45(37)17-24(38)13-37/h5-6,11-12,14,21-24H,3-4,7-10,13,15-19H2,1-2H3,(H,46,47)/t21?,22?,23?,24-,37+/m1/s1. The van der Waals surface area contributed by atoms with Gasteiger partial charge in [-0.3, -0.25) is 14.7 Å². The van der Waals surface area contributed by atoms with E-state index in [4.69, 9.17) is 19.2 Å². The molecule has 2 aromatic carbocycles. The van der Waals surface area contributed by atoms with Crippen LogP contribution in [0, 0.1) is 29.4 Å². The number of benzene rings is 2. The molecule has 4 aromatic rings. The number of carboxylic acid groups (broad SMARTS) is 1. The summed E-state index contributed by atoms with van der Waals surface area (Å²) in [4.78, 5) is 30.0. The average Bonchev–Trinajstić information content (AvgIpc) is 3.86. The molecule has 1 aliphatic carbocycles. The molecule has 2 aromatic heterocycles. The second-order valence-electron chi connectivity index (χ2n) is 14.3. The molecule has 1 N–H and O–H groups in total. The number of alkyl halides is 1. The van der Waals surface area contributed by atoms with Crippen LogP contribution in [0.5, 0.6) is 11.8 Å². The smallest absolute Gasteiger partial charge is 0.319 e. The van der Waals surface area contributed by atoms with Crippen molar-refractivity contribution >= 4 is 33.5 Å². The van der Waals surface area contributed by atoms with E-state index in [1.165, 1.54) is 13.2 Å². The number of hydrogen-bond acceptors (Lipinski definition) is 9. The van der Waals surface area contributed by atoms with E-state index in [0.717, 1.165) is 19.4 Å². The van der Waals surface area contributed by atoms with Crippen LogP contribution >= 0.6 is 0 Å². The minimum atomic E-state index is -0.937. The first kappa shape index (κ1) is 32.9. The van der Waals surface area contributed by atoms with Crippen molar-refractivity contribution in [2.24, 2.45) is 17.8 Å². The van der Waals surface area contributed by atoms with Gasteiger partial charge in [0.05, 0.1) is 16.8 Å². The fraction of sp³-hybridized carbons (Fsp3) is 0.514. The van der Waals surface area contributed by atoms with Gasteiger partial charge >= 0.3 is 12.0 Å². The molecular formula is C37H40F3N5O5. The van der Waals surface area contributed by atoms with E-state index in [9.17, 15) is 14.3 Å². The zero-order valence-electron chi connectivity index (χ0n) is 28.1. The van der Waals surface area contributed by atoms with Gasteiger partial charge in [-0.05, 0) is 85.0 Å². The maximum Gasteiger partial charge on any atom is 0.319 e. The normalized spacial score (nSPS) is 26.2. The van der Waals surface area contributed by atoms with Gasteiger partial charge < -0.3 is 24.2 Å². The first-order valence-electron chi connectivity index (χ1n) is 17.4. The molecule has 3 saturated heterocycles. The highest BCUT2D eigenvalue weighted by molar-refractivity contribution is 6.02. The minimum absolute atomic E-state index is 0.00291. The Morgan fingerprint density at radius 3 is 2.64 bits per heavy atom. The Morgan fingerprint density at radius 1 is 1.10 bits per heavy atom. The molecule has 5 heterocycles. The number of aliphatic carboxylic acids is 1. The summed E-state index contributed by atoms with van der Waals surface area (Å²) in [6, 6.07) is 6.40. The highest BCUT2D eigenvalue weighted by Crippen LogP contribution is 2.45. The predicted octanol–water partition coefficient (Wildman–Crippen LogP) is 6.17. The molecule has 10 nitrogen and oxygen atoms in total. The summed E-state index contributed by atoms with van der Waals surface area (Å²) < 4.78 is 64.0. The summed E-state index contributed by atoms with van der Waals surface area (Å²) in [6.45, 7) is 4.27. The maximum atomic E-state index is 17.1. The van der Waals surface area contributed by atoms with Crippen molar-refractivity contribution in [1.82, 2.24) is 19.9 Å². The number of anilines is 1. The second kappa shape index (κ2) is 12.8.